The molecule has 0 saturated carbocycles. The molecule has 8 nitrogen and oxygen atoms in total. The molecule has 0 aromatic carbocycles. The molecule has 0 bridgehead atoms. The number of rotatable bonds is 4. The van der Waals surface area contributed by atoms with Gasteiger partial charge in [0.05, 0.1) is 18.8 Å². The molecule has 0 atom stereocenters. The molecule has 0 fully saturated rings. The van der Waals surface area contributed by atoms with E-state index in [1.807, 2.05) is 0 Å². The van der Waals surface area contributed by atoms with Crippen LogP contribution in [-0.2, 0) is 13.1 Å². The molecule has 1 heterocycles. The lowest BCUT2D eigenvalue weighted by Crippen LogP contribution is -1.76. The van der Waals surface area contributed by atoms with Gasteiger partial charge in [0.15, 0.2) is 0 Å². The second-order valence-corrected chi connectivity index (χ2v) is 2.06. The lowest BCUT2D eigenvalue weighted by atomic mass is 10.4. The third kappa shape index (κ3) is 2.74. The first-order chi connectivity index (χ1) is 6.36. The molecular weight excluding hydrogens is 174 g/mol. The van der Waals surface area contributed by atoms with Crippen LogP contribution in [0.2, 0.25) is 0 Å². The summed E-state index contributed by atoms with van der Waals surface area (Å²) in [5.74, 6) is 0.445. The standard InChI is InChI=1S/C5H5N7O/c6-11-8-2-4-1-5(13-10-4)3-9-12-7/h1H,2-3H2. The predicted molar refractivity (Wildman–Crippen MR) is 42.2 cm³/mol. The van der Waals surface area contributed by atoms with E-state index < -0.39 is 0 Å². The van der Waals surface area contributed by atoms with Crippen molar-refractivity contribution in [3.05, 3.63) is 38.4 Å². The molecule has 0 spiro atoms. The first kappa shape index (κ1) is 8.92. The van der Waals surface area contributed by atoms with E-state index in [9.17, 15) is 0 Å². The molecule has 0 N–H and O–H groups in total. The summed E-state index contributed by atoms with van der Waals surface area (Å²) in [5.41, 5.74) is 16.5. The van der Waals surface area contributed by atoms with E-state index in [1.165, 1.54) is 0 Å². The summed E-state index contributed by atoms with van der Waals surface area (Å²) in [4.78, 5) is 5.12. The van der Waals surface area contributed by atoms with Crippen molar-refractivity contribution in [3.8, 4) is 0 Å². The molecule has 13 heavy (non-hydrogen) atoms. The summed E-state index contributed by atoms with van der Waals surface area (Å²) in [6.07, 6.45) is 0. The molecule has 1 aromatic rings. The van der Waals surface area contributed by atoms with Crippen LogP contribution in [0, 0.1) is 0 Å². The van der Waals surface area contributed by atoms with Gasteiger partial charge in [-0.2, -0.15) is 0 Å². The van der Waals surface area contributed by atoms with Crippen molar-refractivity contribution in [3.63, 3.8) is 0 Å². The number of aromatic nitrogens is 1. The Labute approximate surface area is 72.4 Å². The molecule has 0 amide bonds. The maximum Gasteiger partial charge on any atom is 0.142 e. The van der Waals surface area contributed by atoms with Gasteiger partial charge in [-0.25, -0.2) is 0 Å². The van der Waals surface area contributed by atoms with E-state index in [2.05, 4.69) is 25.2 Å². The van der Waals surface area contributed by atoms with Crippen molar-refractivity contribution in [1.82, 2.24) is 5.16 Å². The highest BCUT2D eigenvalue weighted by atomic mass is 16.5. The zero-order valence-electron chi connectivity index (χ0n) is 6.53. The molecule has 1 rings (SSSR count). The smallest absolute Gasteiger partial charge is 0.142 e. The van der Waals surface area contributed by atoms with Gasteiger partial charge in [0, 0.05) is 15.9 Å². The monoisotopic (exact) mass is 179 g/mol. The fraction of sp³-hybridized carbons (Fsp3) is 0.400. The van der Waals surface area contributed by atoms with E-state index >= 15 is 0 Å². The molecule has 0 unspecified atom stereocenters. The van der Waals surface area contributed by atoms with Crippen LogP contribution < -0.4 is 0 Å². The van der Waals surface area contributed by atoms with Gasteiger partial charge in [-0.05, 0) is 11.1 Å². The molecule has 0 aliphatic heterocycles. The molecule has 1 aromatic heterocycles. The van der Waals surface area contributed by atoms with Crippen LogP contribution in [0.25, 0.3) is 20.9 Å². The highest BCUT2D eigenvalue weighted by Gasteiger charge is 2.00. The van der Waals surface area contributed by atoms with Crippen LogP contribution in [0.4, 0.5) is 0 Å². The van der Waals surface area contributed by atoms with Crippen molar-refractivity contribution in [2.24, 2.45) is 10.2 Å². The van der Waals surface area contributed by atoms with Crippen LogP contribution in [0.3, 0.4) is 0 Å². The number of nitrogens with zero attached hydrogens (tertiary/aromatic N) is 7. The maximum atomic E-state index is 8.01. The predicted octanol–water partition coefficient (Wildman–Crippen LogP) is 2.30. The van der Waals surface area contributed by atoms with Crippen LogP contribution >= 0.6 is 0 Å². The zero-order valence-corrected chi connectivity index (χ0v) is 6.53. The molecule has 0 radical (unpaired) electrons. The normalized spacial score (nSPS) is 8.62. The third-order valence-corrected chi connectivity index (χ3v) is 1.19. The fourth-order valence-corrected chi connectivity index (χ4v) is 0.710. The second-order valence-electron chi connectivity index (χ2n) is 2.06. The van der Waals surface area contributed by atoms with Gasteiger partial charge in [-0.15, -0.1) is 0 Å². The van der Waals surface area contributed by atoms with Crippen molar-refractivity contribution in [2.75, 3.05) is 0 Å². The van der Waals surface area contributed by atoms with Crippen LogP contribution in [0.15, 0.2) is 20.8 Å². The molecular formula is C5H5N7O. The second kappa shape index (κ2) is 4.66. The van der Waals surface area contributed by atoms with E-state index in [-0.39, 0.29) is 13.1 Å². The quantitative estimate of drug-likeness (QED) is 0.399. The first-order valence-electron chi connectivity index (χ1n) is 3.33. The van der Waals surface area contributed by atoms with E-state index in [4.69, 9.17) is 15.6 Å². The minimum absolute atomic E-state index is 0.111. The number of hydrogen-bond acceptors (Lipinski definition) is 4. The average Bonchev–Trinajstić information content (AvgIpc) is 2.59. The van der Waals surface area contributed by atoms with Gasteiger partial charge in [-0.3, -0.25) is 0 Å². The minimum atomic E-state index is 0.111. The molecule has 0 saturated heterocycles. The van der Waals surface area contributed by atoms with E-state index in [0.717, 1.165) is 0 Å². The Hall–Kier alpha value is -2.17. The van der Waals surface area contributed by atoms with E-state index in [1.54, 1.807) is 6.07 Å². The summed E-state index contributed by atoms with van der Waals surface area (Å²) >= 11 is 0. The van der Waals surface area contributed by atoms with Gasteiger partial charge >= 0.3 is 0 Å². The van der Waals surface area contributed by atoms with Gasteiger partial charge < -0.3 is 4.52 Å². The highest BCUT2D eigenvalue weighted by Crippen LogP contribution is 2.06. The largest absolute Gasteiger partial charge is 0.361 e. The van der Waals surface area contributed by atoms with Crippen LogP contribution in [-0.4, -0.2) is 5.16 Å². The Morgan fingerprint density at radius 2 is 2.00 bits per heavy atom. The molecule has 8 heteroatoms. The minimum Gasteiger partial charge on any atom is -0.361 e. The van der Waals surface area contributed by atoms with Crippen molar-refractivity contribution in [1.29, 1.82) is 0 Å². The average molecular weight is 179 g/mol. The Kier molecular flexibility index (Phi) is 3.20. The van der Waals surface area contributed by atoms with Crippen LogP contribution in [0.5, 0.6) is 0 Å². The maximum absolute atomic E-state index is 8.01. The third-order valence-electron chi connectivity index (χ3n) is 1.19. The van der Waals surface area contributed by atoms with Gasteiger partial charge in [0.2, 0.25) is 0 Å². The summed E-state index contributed by atoms with van der Waals surface area (Å²) < 4.78 is 4.77. The number of azide groups is 2. The Bertz CT molecular complexity index is 335. The Morgan fingerprint density at radius 1 is 1.31 bits per heavy atom. The molecule has 0 aliphatic carbocycles. The number of hydrogen-bond donors (Lipinski definition) is 0. The molecule has 0 aliphatic rings. The lowest BCUT2D eigenvalue weighted by molar-refractivity contribution is 0.379. The van der Waals surface area contributed by atoms with Crippen molar-refractivity contribution in [2.45, 2.75) is 13.1 Å². The Balaban J connectivity index is 2.62. The summed E-state index contributed by atoms with van der Waals surface area (Å²) in [5, 5.41) is 10.2. The van der Waals surface area contributed by atoms with Crippen LogP contribution in [0.1, 0.15) is 11.5 Å². The SMILES string of the molecule is [N-]=[N+]=NCc1cc(CN=[N+]=[N-])on1. The first-order valence-corrected chi connectivity index (χ1v) is 3.33. The highest BCUT2D eigenvalue weighted by molar-refractivity contribution is 5.04. The van der Waals surface area contributed by atoms with Gasteiger partial charge in [0.1, 0.15) is 5.76 Å². The van der Waals surface area contributed by atoms with Crippen molar-refractivity contribution < 1.29 is 4.52 Å². The lowest BCUT2D eigenvalue weighted by Gasteiger charge is -1.79. The van der Waals surface area contributed by atoms with Crippen molar-refractivity contribution >= 4 is 0 Å². The fourth-order valence-electron chi connectivity index (χ4n) is 0.710. The van der Waals surface area contributed by atoms with Gasteiger partial charge in [0.25, 0.3) is 0 Å². The molecule has 66 valence electrons. The van der Waals surface area contributed by atoms with Gasteiger partial charge in [-0.1, -0.05) is 15.4 Å². The topological polar surface area (TPSA) is 124 Å². The van der Waals surface area contributed by atoms with E-state index in [0.29, 0.717) is 11.5 Å². The Morgan fingerprint density at radius 3 is 2.69 bits per heavy atom. The zero-order chi connectivity index (χ0) is 9.52. The summed E-state index contributed by atoms with van der Waals surface area (Å²) in [6, 6.07) is 1.57. The summed E-state index contributed by atoms with van der Waals surface area (Å²) in [7, 11) is 0. The summed E-state index contributed by atoms with van der Waals surface area (Å²) in [6.45, 7) is 0.246.